The lowest BCUT2D eigenvalue weighted by molar-refractivity contribution is -0.203. The molecule has 3 aromatic rings. The van der Waals surface area contributed by atoms with Crippen molar-refractivity contribution >= 4 is 46.3 Å². The van der Waals surface area contributed by atoms with Gasteiger partial charge in [0.2, 0.25) is 5.91 Å². The molecule has 450 valence electrons. The molecule has 2 aromatic carbocycles. The number of benzene rings is 2. The summed E-state index contributed by atoms with van der Waals surface area (Å²) >= 11 is 0. The topological polar surface area (TPSA) is 271 Å². The zero-order chi connectivity index (χ0) is 58.9. The number of methoxy groups -OCH3 is 3. The van der Waals surface area contributed by atoms with Crippen molar-refractivity contribution in [3.63, 3.8) is 0 Å². The smallest absolute Gasteiger partial charge is 0.328 e. The number of para-hydroxylation sites is 1. The van der Waals surface area contributed by atoms with Gasteiger partial charge in [-0.1, -0.05) is 51.1 Å². The van der Waals surface area contributed by atoms with Gasteiger partial charge in [0, 0.05) is 111 Å². The highest BCUT2D eigenvalue weighted by atomic mass is 16.7. The van der Waals surface area contributed by atoms with Gasteiger partial charge in [-0.15, -0.1) is 0 Å². The summed E-state index contributed by atoms with van der Waals surface area (Å²) in [5, 5.41) is 54.5. The van der Waals surface area contributed by atoms with Crippen LogP contribution in [0.4, 0.5) is 5.69 Å². The SMILES string of the molecule is CCC(COC(=O)CCCC(=O)N[C@H](C)C(=O)OCCCNC(=O)[C@]1(O)C2N(C)c3cc(OC)c([C@@]4(C(=O)OC)C[C@@H]5C[N@](CCc6c4[nH]c4ccccc64)CC(O)(CC)C5)cc3[C@@]23CCN2CC=C[C@](CC)(C23)[C@H]1O)OC(CO)OC. The first-order valence-corrected chi connectivity index (χ1v) is 29.4. The van der Waals surface area contributed by atoms with Crippen molar-refractivity contribution in [3.8, 4) is 5.75 Å². The molecule has 2 saturated heterocycles. The van der Waals surface area contributed by atoms with E-state index in [2.05, 4.69) is 37.6 Å². The minimum Gasteiger partial charge on any atom is -0.496 e. The number of likely N-dealkylation sites (N-methyl/N-ethyl adjacent to an activating group) is 1. The van der Waals surface area contributed by atoms with E-state index in [0.717, 1.165) is 22.0 Å². The molecule has 1 saturated carbocycles. The number of aromatic nitrogens is 1. The average molecular weight is 1140 g/mol. The van der Waals surface area contributed by atoms with Gasteiger partial charge in [0.25, 0.3) is 5.91 Å². The number of amides is 2. The molecule has 1 aliphatic carbocycles. The van der Waals surface area contributed by atoms with E-state index in [-0.39, 0.29) is 70.4 Å². The Morgan fingerprint density at radius 2 is 1.72 bits per heavy atom. The maximum absolute atomic E-state index is 15.5. The second kappa shape index (κ2) is 24.5. The number of H-pyrrole nitrogens is 1. The Kier molecular flexibility index (Phi) is 18.2. The van der Waals surface area contributed by atoms with Crippen molar-refractivity contribution in [1.29, 1.82) is 0 Å². The van der Waals surface area contributed by atoms with E-state index < -0.39 is 87.8 Å². The summed E-state index contributed by atoms with van der Waals surface area (Å²) < 4.78 is 33.8. The number of carbonyl (C=O) groups excluding carboxylic acids is 5. The number of aromatic amines is 1. The summed E-state index contributed by atoms with van der Waals surface area (Å²) in [5.41, 5.74) is -2.33. The number of aliphatic hydroxyl groups excluding tert-OH is 2. The fourth-order valence-electron chi connectivity index (χ4n) is 15.4. The number of anilines is 1. The fraction of sp³-hybridized carbons (Fsp3) is 0.656. The summed E-state index contributed by atoms with van der Waals surface area (Å²) in [6.45, 7) is 9.81. The molecule has 2 bridgehead atoms. The van der Waals surface area contributed by atoms with E-state index in [1.165, 1.54) is 21.1 Å². The van der Waals surface area contributed by atoms with E-state index in [1.807, 2.05) is 69.1 Å². The predicted molar refractivity (Wildman–Crippen MR) is 303 cm³/mol. The molecule has 7 N–H and O–H groups in total. The minimum absolute atomic E-state index is 0.0311. The van der Waals surface area contributed by atoms with Crippen LogP contribution in [-0.2, 0) is 64.9 Å². The highest BCUT2D eigenvalue weighted by molar-refractivity contribution is 5.95. The maximum Gasteiger partial charge on any atom is 0.328 e. The molecule has 1 spiro atoms. The van der Waals surface area contributed by atoms with E-state index >= 15 is 9.59 Å². The van der Waals surface area contributed by atoms with E-state index in [1.54, 1.807) is 7.11 Å². The summed E-state index contributed by atoms with van der Waals surface area (Å²) in [6.07, 6.45) is 4.65. The van der Waals surface area contributed by atoms with Gasteiger partial charge in [-0.25, -0.2) is 4.79 Å². The number of nitrogens with one attached hydrogen (secondary N) is 3. The molecular formula is C61H86N6O15. The highest BCUT2D eigenvalue weighted by Gasteiger charge is 2.78. The van der Waals surface area contributed by atoms with Crippen molar-refractivity contribution < 1.29 is 72.8 Å². The van der Waals surface area contributed by atoms with Gasteiger partial charge >= 0.3 is 17.9 Å². The van der Waals surface area contributed by atoms with Crippen molar-refractivity contribution in [2.45, 2.75) is 157 Å². The predicted octanol–water partition coefficient (Wildman–Crippen LogP) is 3.27. The molecule has 9 rings (SSSR count). The van der Waals surface area contributed by atoms with Crippen LogP contribution in [0, 0.1) is 11.3 Å². The largest absolute Gasteiger partial charge is 0.496 e. The van der Waals surface area contributed by atoms with Gasteiger partial charge in [-0.3, -0.25) is 29.0 Å². The Morgan fingerprint density at radius 3 is 2.43 bits per heavy atom. The van der Waals surface area contributed by atoms with E-state index in [9.17, 15) is 34.8 Å². The number of fused-ring (bicyclic) bond motifs is 6. The van der Waals surface area contributed by atoms with Gasteiger partial charge in [0.1, 0.15) is 29.9 Å². The third kappa shape index (κ3) is 10.5. The lowest BCUT2D eigenvalue weighted by Crippen LogP contribution is -2.81. The van der Waals surface area contributed by atoms with Crippen LogP contribution in [0.2, 0.25) is 0 Å². The van der Waals surface area contributed by atoms with Crippen LogP contribution in [0.15, 0.2) is 48.6 Å². The van der Waals surface area contributed by atoms with Crippen molar-refractivity contribution in [2.75, 3.05) is 92.4 Å². The van der Waals surface area contributed by atoms with E-state index in [0.29, 0.717) is 93.9 Å². The van der Waals surface area contributed by atoms with Crippen LogP contribution in [0.25, 0.3) is 10.9 Å². The zero-order valence-electron chi connectivity index (χ0n) is 48.9. The number of rotatable bonds is 23. The maximum atomic E-state index is 15.5. The van der Waals surface area contributed by atoms with Gasteiger partial charge in [-0.05, 0) is 100 Å². The molecule has 2 amide bonds. The molecule has 1 aromatic heterocycles. The number of hydrogen-bond donors (Lipinski definition) is 7. The molecule has 5 unspecified atom stereocenters. The second-order valence-corrected chi connectivity index (χ2v) is 23.7. The van der Waals surface area contributed by atoms with Crippen LogP contribution in [0.3, 0.4) is 0 Å². The van der Waals surface area contributed by atoms with Crippen LogP contribution in [0.5, 0.6) is 5.75 Å². The Bertz CT molecular complexity index is 2880. The van der Waals surface area contributed by atoms with Crippen LogP contribution in [-0.4, -0.2) is 200 Å². The molecule has 13 atom stereocenters. The molecule has 5 aliphatic heterocycles. The molecule has 3 fully saturated rings. The normalized spacial score (nSPS) is 31.0. The van der Waals surface area contributed by atoms with Crippen LogP contribution in [0.1, 0.15) is 114 Å². The van der Waals surface area contributed by atoms with E-state index in [4.69, 9.17) is 28.4 Å². The number of esters is 3. The van der Waals surface area contributed by atoms with Crippen molar-refractivity contribution in [2.24, 2.45) is 11.3 Å². The average Bonchev–Trinajstić information content (AvgIpc) is 1.54. The first-order chi connectivity index (χ1) is 39.3. The highest BCUT2D eigenvalue weighted by Crippen LogP contribution is 2.67. The molecule has 6 aliphatic rings. The summed E-state index contributed by atoms with van der Waals surface area (Å²) in [7, 11) is 6.22. The Labute approximate surface area is 480 Å². The van der Waals surface area contributed by atoms with Crippen molar-refractivity contribution in [3.05, 3.63) is 70.9 Å². The number of ether oxygens (including phenoxy) is 6. The van der Waals surface area contributed by atoms with Crippen LogP contribution >= 0.6 is 0 Å². The lowest BCUT2D eigenvalue weighted by atomic mass is 9.47. The quantitative estimate of drug-likeness (QED) is 0.0236. The Balaban J connectivity index is 0.962. The number of piperidine rings is 1. The third-order valence-electron chi connectivity index (χ3n) is 19.2. The number of aliphatic hydroxyl groups is 4. The van der Waals surface area contributed by atoms with Gasteiger partial charge in [0.15, 0.2) is 11.9 Å². The summed E-state index contributed by atoms with van der Waals surface area (Å²) in [6, 6.07) is 9.64. The standard InChI is InChI=1S/C61H86N6O15/c1-9-39(82-49(34-68)78-7)35-81-48(70)20-14-19-47(69)63-37(4)51(71)80-28-16-24-62-55(73)61(76)53-59(23-27-67-25-15-22-58(11-3,52(59)67)54(61)72)42-29-43(46(77-6)30-45(42)65(53)5)60(56(74)79-8)32-38-31-57(75,10-2)36-66(33-38)26-21-41-40-17-12-13-18-44(40)64-50(41)60/h12-13,15,17-18,22,29-30,37-39,49,52-54,64,68,72,75-76H,9-11,14,16,19-21,23-28,31-36H2,1-8H3,(H,62,73)(H,63,69)/t37-,38-,39?,49?,52?,53?,54-,57?,58-,59-,60+,61+/m1/s1. The monoisotopic (exact) mass is 1140 g/mol. The number of nitrogens with zero attached hydrogens (tertiary/aromatic N) is 3. The van der Waals surface area contributed by atoms with Gasteiger partial charge in [-0.2, -0.15) is 0 Å². The van der Waals surface area contributed by atoms with Gasteiger partial charge < -0.3 is 69.4 Å². The number of hydrogen-bond acceptors (Lipinski definition) is 18. The third-order valence-corrected chi connectivity index (χ3v) is 19.2. The molecule has 21 nitrogen and oxygen atoms in total. The van der Waals surface area contributed by atoms with Gasteiger partial charge in [0.05, 0.1) is 45.2 Å². The first kappa shape index (κ1) is 60.9. The Hall–Kier alpha value is -5.65. The molecule has 0 radical (unpaired) electrons. The second-order valence-electron chi connectivity index (χ2n) is 23.7. The van der Waals surface area contributed by atoms with Crippen molar-refractivity contribution in [1.82, 2.24) is 25.4 Å². The summed E-state index contributed by atoms with van der Waals surface area (Å²) in [4.78, 5) is 79.2. The summed E-state index contributed by atoms with van der Waals surface area (Å²) in [5.74, 6) is -2.70. The molecular weight excluding hydrogens is 1060 g/mol. The molecule has 6 heterocycles. The minimum atomic E-state index is -2.42. The van der Waals surface area contributed by atoms with Crippen LogP contribution < -0.4 is 20.3 Å². The molecule has 21 heteroatoms. The first-order valence-electron chi connectivity index (χ1n) is 29.4. The fourth-order valence-corrected chi connectivity index (χ4v) is 15.4. The molecule has 82 heavy (non-hydrogen) atoms. The Morgan fingerprint density at radius 1 is 0.939 bits per heavy atom. The lowest BCUT2D eigenvalue weighted by Gasteiger charge is -2.63. The number of carbonyl (C=O) groups is 5. The zero-order valence-corrected chi connectivity index (χ0v) is 48.9.